The molecule has 7 heteroatoms. The minimum atomic E-state index is -4.70. The maximum absolute atomic E-state index is 13.6. The van der Waals surface area contributed by atoms with Crippen LogP contribution < -0.4 is 0 Å². The average Bonchev–Trinajstić information content (AvgIpc) is 3.05. The predicted octanol–water partition coefficient (Wildman–Crippen LogP) is 4.96. The number of amides is 1. The number of carbonyl (C=O) groups is 1. The zero-order valence-corrected chi connectivity index (χ0v) is 16.9. The topological polar surface area (TPSA) is 49.8 Å². The normalized spacial score (nSPS) is 27.5. The number of halogens is 3. The van der Waals surface area contributed by atoms with Crippen molar-refractivity contribution in [2.75, 3.05) is 19.7 Å². The van der Waals surface area contributed by atoms with Crippen molar-refractivity contribution in [3.8, 4) is 11.1 Å². The van der Waals surface area contributed by atoms with Gasteiger partial charge >= 0.3 is 12.3 Å². The molecule has 0 radical (unpaired) electrons. The monoisotopic (exact) mass is 431 g/mol. The van der Waals surface area contributed by atoms with Gasteiger partial charge in [-0.3, -0.25) is 0 Å². The van der Waals surface area contributed by atoms with E-state index in [1.165, 1.54) is 4.90 Å². The summed E-state index contributed by atoms with van der Waals surface area (Å²) in [6.45, 7) is -0.144. The van der Waals surface area contributed by atoms with Gasteiger partial charge < -0.3 is 14.7 Å². The number of likely N-dealkylation sites (tertiary alicyclic amines) is 1. The van der Waals surface area contributed by atoms with Gasteiger partial charge in [0.1, 0.15) is 6.61 Å². The van der Waals surface area contributed by atoms with Crippen molar-refractivity contribution in [3.05, 3.63) is 59.7 Å². The Hall–Kier alpha value is -2.54. The van der Waals surface area contributed by atoms with Gasteiger partial charge in [0.15, 0.2) is 5.60 Å². The van der Waals surface area contributed by atoms with E-state index < -0.39 is 29.7 Å². The van der Waals surface area contributed by atoms with E-state index in [0.717, 1.165) is 22.3 Å². The summed E-state index contributed by atoms with van der Waals surface area (Å²) in [5.41, 5.74) is 1.67. The largest absolute Gasteiger partial charge is 0.448 e. The van der Waals surface area contributed by atoms with Gasteiger partial charge in [0, 0.05) is 30.8 Å². The zero-order valence-electron chi connectivity index (χ0n) is 16.9. The molecule has 2 unspecified atom stereocenters. The van der Waals surface area contributed by atoms with E-state index in [1.807, 2.05) is 48.5 Å². The van der Waals surface area contributed by atoms with Crippen LogP contribution in [0.5, 0.6) is 0 Å². The second-order valence-corrected chi connectivity index (χ2v) is 8.86. The highest BCUT2D eigenvalue weighted by Crippen LogP contribution is 2.51. The Morgan fingerprint density at radius 2 is 1.52 bits per heavy atom. The lowest BCUT2D eigenvalue weighted by Crippen LogP contribution is -2.67. The summed E-state index contributed by atoms with van der Waals surface area (Å²) >= 11 is 0. The van der Waals surface area contributed by atoms with Gasteiger partial charge in [-0.2, -0.15) is 13.2 Å². The third kappa shape index (κ3) is 3.13. The van der Waals surface area contributed by atoms with Crippen LogP contribution in [0, 0.1) is 11.8 Å². The van der Waals surface area contributed by atoms with Crippen molar-refractivity contribution in [1.29, 1.82) is 0 Å². The van der Waals surface area contributed by atoms with Crippen LogP contribution in [0.3, 0.4) is 0 Å². The highest BCUT2D eigenvalue weighted by atomic mass is 19.4. The number of piperidine rings is 1. The van der Waals surface area contributed by atoms with Gasteiger partial charge in [-0.25, -0.2) is 4.79 Å². The molecule has 0 aromatic heterocycles. The quantitative estimate of drug-likeness (QED) is 0.731. The molecule has 164 valence electrons. The molecule has 2 atom stereocenters. The molecule has 1 heterocycles. The molecule has 2 aliphatic carbocycles. The molecule has 31 heavy (non-hydrogen) atoms. The van der Waals surface area contributed by atoms with Crippen molar-refractivity contribution in [2.24, 2.45) is 11.8 Å². The minimum absolute atomic E-state index is 0.104. The lowest BCUT2D eigenvalue weighted by molar-refractivity contribution is -0.318. The van der Waals surface area contributed by atoms with Crippen molar-refractivity contribution < 1.29 is 27.8 Å². The van der Waals surface area contributed by atoms with E-state index in [9.17, 15) is 23.1 Å². The summed E-state index contributed by atoms with van der Waals surface area (Å²) in [7, 11) is 0. The third-order valence-corrected chi connectivity index (χ3v) is 7.28. The molecule has 1 amide bonds. The number of fused-ring (bicyclic) bond motifs is 5. The molecular weight excluding hydrogens is 407 g/mol. The summed E-state index contributed by atoms with van der Waals surface area (Å²) in [5.74, 6) is -2.13. The van der Waals surface area contributed by atoms with Crippen LogP contribution in [-0.2, 0) is 4.74 Å². The molecule has 1 aliphatic heterocycles. The lowest BCUT2D eigenvalue weighted by atomic mass is 9.65. The van der Waals surface area contributed by atoms with E-state index in [4.69, 9.17) is 4.74 Å². The van der Waals surface area contributed by atoms with Crippen molar-refractivity contribution in [1.82, 2.24) is 4.90 Å². The van der Waals surface area contributed by atoms with Crippen LogP contribution in [-0.4, -0.2) is 47.6 Å². The smallest absolute Gasteiger partial charge is 0.417 e. The number of hydrogen-bond donors (Lipinski definition) is 1. The van der Waals surface area contributed by atoms with Gasteiger partial charge in [-0.15, -0.1) is 0 Å². The molecule has 2 aromatic rings. The molecule has 2 fully saturated rings. The molecule has 1 saturated heterocycles. The molecule has 1 N–H and O–H groups in total. The van der Waals surface area contributed by atoms with Crippen LogP contribution >= 0.6 is 0 Å². The Morgan fingerprint density at radius 1 is 1.00 bits per heavy atom. The second kappa shape index (κ2) is 7.26. The fraction of sp³-hybridized carbons (Fsp3) is 0.458. The molecule has 0 spiro atoms. The first-order valence-electron chi connectivity index (χ1n) is 10.7. The van der Waals surface area contributed by atoms with Gasteiger partial charge in [-0.05, 0) is 35.1 Å². The Balaban J connectivity index is 1.31. The number of carbonyl (C=O) groups excluding carboxylic acids is 1. The van der Waals surface area contributed by atoms with E-state index >= 15 is 0 Å². The molecular formula is C24H24F3NO3. The number of aliphatic hydroxyl groups is 1. The molecule has 2 aromatic carbocycles. The Bertz CT molecular complexity index is 946. The van der Waals surface area contributed by atoms with E-state index in [2.05, 4.69) is 0 Å². The van der Waals surface area contributed by atoms with Crippen LogP contribution in [0.2, 0.25) is 0 Å². The summed E-state index contributed by atoms with van der Waals surface area (Å²) < 4.78 is 46.5. The summed E-state index contributed by atoms with van der Waals surface area (Å²) in [6, 6.07) is 16.0. The summed E-state index contributed by atoms with van der Waals surface area (Å²) in [5, 5.41) is 10.5. The first kappa shape index (κ1) is 20.4. The SMILES string of the molecule is O=C(OCC1c2ccccc2-c2ccccc21)N1CC2CCCC(C1)C2(O)C(F)(F)F. The lowest BCUT2D eigenvalue weighted by Gasteiger charge is -2.52. The van der Waals surface area contributed by atoms with Gasteiger partial charge in [-0.1, -0.05) is 55.0 Å². The summed E-state index contributed by atoms with van der Waals surface area (Å²) in [6.07, 6.45) is -4.18. The average molecular weight is 431 g/mol. The summed E-state index contributed by atoms with van der Waals surface area (Å²) in [4.78, 5) is 14.2. The van der Waals surface area contributed by atoms with Crippen LogP contribution in [0.15, 0.2) is 48.5 Å². The first-order valence-corrected chi connectivity index (χ1v) is 10.7. The molecule has 3 aliphatic rings. The number of hydrogen-bond acceptors (Lipinski definition) is 3. The van der Waals surface area contributed by atoms with Gasteiger partial charge in [0.05, 0.1) is 0 Å². The fourth-order valence-corrected chi connectivity index (χ4v) is 5.75. The molecule has 5 rings (SSSR count). The minimum Gasteiger partial charge on any atom is -0.448 e. The van der Waals surface area contributed by atoms with Crippen LogP contribution in [0.1, 0.15) is 36.3 Å². The number of nitrogens with zero attached hydrogens (tertiary/aromatic N) is 1. The van der Waals surface area contributed by atoms with Crippen molar-refractivity contribution >= 4 is 6.09 Å². The maximum atomic E-state index is 13.6. The Labute approximate surface area is 178 Å². The van der Waals surface area contributed by atoms with E-state index in [-0.39, 0.29) is 38.5 Å². The van der Waals surface area contributed by atoms with Crippen molar-refractivity contribution in [3.63, 3.8) is 0 Å². The third-order valence-electron chi connectivity index (χ3n) is 7.28. The highest BCUT2D eigenvalue weighted by molar-refractivity contribution is 5.79. The zero-order chi connectivity index (χ0) is 21.8. The van der Waals surface area contributed by atoms with Gasteiger partial charge in [0.25, 0.3) is 0 Å². The molecule has 2 bridgehead atoms. The van der Waals surface area contributed by atoms with Crippen LogP contribution in [0.25, 0.3) is 11.1 Å². The Kier molecular flexibility index (Phi) is 4.77. The maximum Gasteiger partial charge on any atom is 0.417 e. The van der Waals surface area contributed by atoms with Crippen molar-refractivity contribution in [2.45, 2.75) is 37.0 Å². The molecule has 4 nitrogen and oxygen atoms in total. The standard InChI is InChI=1S/C24H24F3NO3/c25-24(26,27)23(30)15-6-5-7-16(23)13-28(12-15)22(29)31-14-21-19-10-3-1-8-17(19)18-9-2-4-11-20(18)21/h1-4,8-11,15-16,21,30H,5-7,12-14H2. The number of ether oxygens (including phenoxy) is 1. The molecule has 1 saturated carbocycles. The highest BCUT2D eigenvalue weighted by Gasteiger charge is 2.66. The number of alkyl halides is 3. The number of rotatable bonds is 2. The fourth-order valence-electron chi connectivity index (χ4n) is 5.75. The van der Waals surface area contributed by atoms with E-state index in [0.29, 0.717) is 6.42 Å². The second-order valence-electron chi connectivity index (χ2n) is 8.86. The first-order chi connectivity index (χ1) is 14.8. The Morgan fingerprint density at radius 3 is 2.03 bits per heavy atom. The van der Waals surface area contributed by atoms with Crippen LogP contribution in [0.4, 0.5) is 18.0 Å². The predicted molar refractivity (Wildman–Crippen MR) is 108 cm³/mol. The van der Waals surface area contributed by atoms with E-state index in [1.54, 1.807) is 0 Å². The number of benzene rings is 2. The van der Waals surface area contributed by atoms with Gasteiger partial charge in [0.2, 0.25) is 0 Å².